The first-order valence-electron chi connectivity index (χ1n) is 8.43. The maximum Gasteiger partial charge on any atom is 0.241 e. The van der Waals surface area contributed by atoms with Crippen molar-refractivity contribution in [3.05, 3.63) is 24.1 Å². The average Bonchev–Trinajstić information content (AvgIpc) is 3.06. The number of hydrogen-bond donors (Lipinski definition) is 0. The van der Waals surface area contributed by atoms with Gasteiger partial charge < -0.3 is 14.0 Å². The largest absolute Gasteiger partial charge is 0.493 e. The van der Waals surface area contributed by atoms with E-state index in [9.17, 15) is 0 Å². The Bertz CT molecular complexity index is 676. The van der Waals surface area contributed by atoms with Crippen LogP contribution in [0.25, 0.3) is 11.4 Å². The molecule has 2 heterocycles. The Morgan fingerprint density at radius 2 is 1.83 bits per heavy atom. The predicted octanol–water partition coefficient (Wildman–Crippen LogP) is 3.52. The van der Waals surface area contributed by atoms with Crippen molar-refractivity contribution in [2.45, 2.75) is 51.7 Å². The number of hydrogen-bond acceptors (Lipinski definition) is 6. The molecule has 0 unspecified atom stereocenters. The van der Waals surface area contributed by atoms with E-state index in [0.717, 1.165) is 5.56 Å². The molecule has 1 aliphatic rings. The zero-order valence-corrected chi connectivity index (χ0v) is 14.8. The van der Waals surface area contributed by atoms with Gasteiger partial charge in [-0.25, -0.2) is 0 Å². The van der Waals surface area contributed by atoms with Crippen molar-refractivity contribution in [1.29, 1.82) is 0 Å². The van der Waals surface area contributed by atoms with E-state index in [2.05, 4.69) is 28.9 Å². The van der Waals surface area contributed by atoms with Crippen LogP contribution in [-0.4, -0.2) is 41.3 Å². The third-order valence-corrected chi connectivity index (χ3v) is 4.80. The lowest BCUT2D eigenvalue weighted by atomic mass is 9.98. The van der Waals surface area contributed by atoms with Gasteiger partial charge in [-0.3, -0.25) is 4.90 Å². The van der Waals surface area contributed by atoms with Crippen LogP contribution in [-0.2, 0) is 6.54 Å². The van der Waals surface area contributed by atoms with Crippen molar-refractivity contribution in [2.75, 3.05) is 14.2 Å². The van der Waals surface area contributed by atoms with Crippen LogP contribution < -0.4 is 9.47 Å². The maximum atomic E-state index is 5.47. The zero-order chi connectivity index (χ0) is 17.1. The molecule has 1 fully saturated rings. The molecule has 0 radical (unpaired) electrons. The maximum absolute atomic E-state index is 5.47. The Morgan fingerprint density at radius 3 is 2.50 bits per heavy atom. The summed E-state index contributed by atoms with van der Waals surface area (Å²) in [4.78, 5) is 7.00. The highest BCUT2D eigenvalue weighted by Crippen LogP contribution is 2.31. The van der Waals surface area contributed by atoms with Crippen molar-refractivity contribution >= 4 is 0 Å². The highest BCUT2D eigenvalue weighted by molar-refractivity contribution is 5.60. The quantitative estimate of drug-likeness (QED) is 0.835. The van der Waals surface area contributed by atoms with E-state index in [1.54, 1.807) is 14.2 Å². The van der Waals surface area contributed by atoms with E-state index >= 15 is 0 Å². The summed E-state index contributed by atoms with van der Waals surface area (Å²) in [7, 11) is 3.23. The van der Waals surface area contributed by atoms with Crippen LogP contribution in [0, 0.1) is 0 Å². The average molecular weight is 331 g/mol. The minimum absolute atomic E-state index is 0.546. The molecule has 0 amide bonds. The van der Waals surface area contributed by atoms with Crippen LogP contribution in [0.15, 0.2) is 22.7 Å². The van der Waals surface area contributed by atoms with Gasteiger partial charge in [-0.05, 0) is 44.9 Å². The smallest absolute Gasteiger partial charge is 0.241 e. The fourth-order valence-corrected chi connectivity index (χ4v) is 3.35. The first kappa shape index (κ1) is 16.8. The zero-order valence-electron chi connectivity index (χ0n) is 14.8. The number of ether oxygens (including phenoxy) is 2. The monoisotopic (exact) mass is 331 g/mol. The summed E-state index contributed by atoms with van der Waals surface area (Å²) >= 11 is 0. The van der Waals surface area contributed by atoms with Gasteiger partial charge in [0, 0.05) is 17.6 Å². The third-order valence-electron chi connectivity index (χ3n) is 4.80. The minimum Gasteiger partial charge on any atom is -0.493 e. The Balaban J connectivity index is 1.78. The van der Waals surface area contributed by atoms with Gasteiger partial charge in [0.05, 0.1) is 20.8 Å². The van der Waals surface area contributed by atoms with E-state index in [1.165, 1.54) is 19.3 Å². The second kappa shape index (κ2) is 7.21. The fourth-order valence-electron chi connectivity index (χ4n) is 3.35. The van der Waals surface area contributed by atoms with Crippen LogP contribution in [0.3, 0.4) is 0 Å². The molecule has 1 aromatic carbocycles. The number of methoxy groups -OCH3 is 2. The topological polar surface area (TPSA) is 60.6 Å². The highest BCUT2D eigenvalue weighted by Gasteiger charge is 2.26. The lowest BCUT2D eigenvalue weighted by Gasteiger charge is -2.37. The Hall–Kier alpha value is -2.08. The van der Waals surface area contributed by atoms with E-state index in [-0.39, 0.29) is 0 Å². The second-order valence-corrected chi connectivity index (χ2v) is 6.38. The first-order valence-corrected chi connectivity index (χ1v) is 8.43. The molecule has 6 heteroatoms. The van der Waals surface area contributed by atoms with Crippen molar-refractivity contribution in [1.82, 2.24) is 15.0 Å². The van der Waals surface area contributed by atoms with E-state index in [4.69, 9.17) is 14.0 Å². The SMILES string of the molecule is COc1ccc(-c2noc(CN3[C@@H](C)CCC[C@@H]3C)n2)cc1OC. The van der Waals surface area contributed by atoms with Crippen molar-refractivity contribution in [2.24, 2.45) is 0 Å². The molecule has 0 bridgehead atoms. The Kier molecular flexibility index (Phi) is 5.04. The summed E-state index contributed by atoms with van der Waals surface area (Å²) in [5.74, 6) is 2.56. The van der Waals surface area contributed by atoms with E-state index < -0.39 is 0 Å². The first-order chi connectivity index (χ1) is 11.6. The lowest BCUT2D eigenvalue weighted by molar-refractivity contribution is 0.0825. The molecule has 2 atom stereocenters. The minimum atomic E-state index is 0.546. The lowest BCUT2D eigenvalue weighted by Crippen LogP contribution is -2.43. The summed E-state index contributed by atoms with van der Waals surface area (Å²) in [5, 5.41) is 4.12. The third kappa shape index (κ3) is 3.38. The van der Waals surface area contributed by atoms with Crippen LogP contribution >= 0.6 is 0 Å². The van der Waals surface area contributed by atoms with Gasteiger partial charge in [-0.1, -0.05) is 11.6 Å². The van der Waals surface area contributed by atoms with Crippen LogP contribution in [0.5, 0.6) is 11.5 Å². The summed E-state index contributed by atoms with van der Waals surface area (Å²) < 4.78 is 16.1. The molecule has 1 aromatic heterocycles. The van der Waals surface area contributed by atoms with E-state index in [1.807, 2.05) is 18.2 Å². The highest BCUT2D eigenvalue weighted by atomic mass is 16.5. The van der Waals surface area contributed by atoms with Crippen molar-refractivity contribution < 1.29 is 14.0 Å². The van der Waals surface area contributed by atoms with Gasteiger partial charge in [0.15, 0.2) is 11.5 Å². The van der Waals surface area contributed by atoms with Gasteiger partial charge in [0.1, 0.15) is 0 Å². The van der Waals surface area contributed by atoms with Gasteiger partial charge in [-0.15, -0.1) is 0 Å². The van der Waals surface area contributed by atoms with Gasteiger partial charge in [0.2, 0.25) is 11.7 Å². The normalized spacial score (nSPS) is 21.7. The summed E-state index contributed by atoms with van der Waals surface area (Å²) in [5.41, 5.74) is 0.849. The standard InChI is InChI=1S/C18H25N3O3/c1-12-6-5-7-13(2)21(12)11-17-19-18(20-24-17)14-8-9-15(22-3)16(10-14)23-4/h8-10,12-13H,5-7,11H2,1-4H3/t12-,13-/m0/s1. The number of rotatable bonds is 5. The summed E-state index contributed by atoms with van der Waals surface area (Å²) in [6.45, 7) is 5.23. The molecule has 24 heavy (non-hydrogen) atoms. The van der Waals surface area contributed by atoms with Crippen LogP contribution in [0.4, 0.5) is 0 Å². The summed E-state index contributed by atoms with van der Waals surface area (Å²) in [6.07, 6.45) is 3.74. The molecule has 0 aliphatic carbocycles. The molecular formula is C18H25N3O3. The van der Waals surface area contributed by atoms with Crippen LogP contribution in [0.1, 0.15) is 39.0 Å². The van der Waals surface area contributed by atoms with Crippen molar-refractivity contribution in [3.63, 3.8) is 0 Å². The molecule has 130 valence electrons. The number of likely N-dealkylation sites (tertiary alicyclic amines) is 1. The molecule has 0 saturated carbocycles. The molecule has 3 rings (SSSR count). The van der Waals surface area contributed by atoms with Gasteiger partial charge >= 0.3 is 0 Å². The molecule has 0 spiro atoms. The Morgan fingerprint density at radius 1 is 1.12 bits per heavy atom. The molecule has 1 saturated heterocycles. The summed E-state index contributed by atoms with van der Waals surface area (Å²) in [6, 6.07) is 6.70. The molecular weight excluding hydrogens is 306 g/mol. The molecule has 1 aliphatic heterocycles. The van der Waals surface area contributed by atoms with Gasteiger partial charge in [0.25, 0.3) is 0 Å². The Labute approximate surface area is 142 Å². The number of nitrogens with zero attached hydrogens (tertiary/aromatic N) is 3. The number of benzene rings is 1. The molecule has 0 N–H and O–H groups in total. The fraction of sp³-hybridized carbons (Fsp3) is 0.556. The van der Waals surface area contributed by atoms with Gasteiger partial charge in [-0.2, -0.15) is 4.98 Å². The number of aromatic nitrogens is 2. The number of piperidine rings is 1. The second-order valence-electron chi connectivity index (χ2n) is 6.38. The van der Waals surface area contributed by atoms with Crippen molar-refractivity contribution in [3.8, 4) is 22.9 Å². The molecule has 6 nitrogen and oxygen atoms in total. The van der Waals surface area contributed by atoms with Crippen LogP contribution in [0.2, 0.25) is 0 Å². The predicted molar refractivity (Wildman–Crippen MR) is 91.2 cm³/mol. The molecule has 2 aromatic rings. The van der Waals surface area contributed by atoms with E-state index in [0.29, 0.717) is 41.8 Å².